The van der Waals surface area contributed by atoms with Crippen molar-refractivity contribution in [1.82, 2.24) is 9.97 Å². The smallest absolute Gasteiger partial charge is 0.353 e. The van der Waals surface area contributed by atoms with Gasteiger partial charge in [-0.15, -0.1) is 0 Å². The molecule has 1 aromatic heterocycles. The van der Waals surface area contributed by atoms with Gasteiger partial charge in [-0.3, -0.25) is 10.1 Å². The van der Waals surface area contributed by atoms with Crippen LogP contribution >= 0.6 is 0 Å². The van der Waals surface area contributed by atoms with Gasteiger partial charge in [0.2, 0.25) is 11.6 Å². The number of anilines is 2. The Morgan fingerprint density at radius 2 is 2.10 bits per heavy atom. The third kappa shape index (κ3) is 3.53. The van der Waals surface area contributed by atoms with Gasteiger partial charge >= 0.3 is 5.69 Å². The van der Waals surface area contributed by atoms with Gasteiger partial charge in [-0.05, 0) is 19.3 Å². The maximum absolute atomic E-state index is 11.3. The van der Waals surface area contributed by atoms with Gasteiger partial charge in [-0.2, -0.15) is 0 Å². The highest BCUT2D eigenvalue weighted by Gasteiger charge is 2.25. The average Bonchev–Trinajstić information content (AvgIpc) is 2.46. The van der Waals surface area contributed by atoms with E-state index >= 15 is 0 Å². The summed E-state index contributed by atoms with van der Waals surface area (Å²) in [4.78, 5) is 18.8. The zero-order valence-electron chi connectivity index (χ0n) is 11.5. The first kappa shape index (κ1) is 14.4. The summed E-state index contributed by atoms with van der Waals surface area (Å²) in [6.07, 6.45) is 3.84. The van der Waals surface area contributed by atoms with Crippen molar-refractivity contribution in [2.24, 2.45) is 0 Å². The lowest BCUT2D eigenvalue weighted by atomic mass is 10.1. The molecule has 0 bridgehead atoms. The molecule has 0 spiro atoms. The molecule has 8 heteroatoms. The predicted molar refractivity (Wildman–Crippen MR) is 74.9 cm³/mol. The van der Waals surface area contributed by atoms with Gasteiger partial charge < -0.3 is 15.4 Å². The number of nitro groups is 1. The van der Waals surface area contributed by atoms with E-state index in [2.05, 4.69) is 20.6 Å². The van der Waals surface area contributed by atoms with E-state index in [4.69, 9.17) is 4.74 Å². The van der Waals surface area contributed by atoms with E-state index in [1.807, 2.05) is 6.92 Å². The van der Waals surface area contributed by atoms with Gasteiger partial charge in [-0.25, -0.2) is 9.97 Å². The van der Waals surface area contributed by atoms with Crippen LogP contribution in [0.2, 0.25) is 0 Å². The van der Waals surface area contributed by atoms with Gasteiger partial charge in [0.15, 0.2) is 0 Å². The molecule has 0 aliphatic carbocycles. The molecule has 2 N–H and O–H groups in total. The van der Waals surface area contributed by atoms with Crippen LogP contribution in [0.5, 0.6) is 0 Å². The van der Waals surface area contributed by atoms with E-state index in [0.29, 0.717) is 19.8 Å². The normalized spacial score (nSPS) is 15.8. The quantitative estimate of drug-likeness (QED) is 0.605. The second-order valence-electron chi connectivity index (χ2n) is 4.63. The highest BCUT2D eigenvalue weighted by molar-refractivity contribution is 5.69. The molecular weight excluding hydrogens is 262 g/mol. The van der Waals surface area contributed by atoms with Crippen LogP contribution in [0.25, 0.3) is 0 Å². The van der Waals surface area contributed by atoms with E-state index in [1.165, 1.54) is 6.33 Å². The van der Waals surface area contributed by atoms with Crippen molar-refractivity contribution < 1.29 is 9.66 Å². The minimum absolute atomic E-state index is 0.0903. The maximum Gasteiger partial charge on any atom is 0.353 e. The first-order valence-corrected chi connectivity index (χ1v) is 6.80. The maximum atomic E-state index is 11.3. The fourth-order valence-electron chi connectivity index (χ4n) is 2.07. The molecule has 1 aromatic rings. The van der Waals surface area contributed by atoms with Gasteiger partial charge in [0.05, 0.1) is 4.92 Å². The molecule has 1 saturated heterocycles. The van der Waals surface area contributed by atoms with Gasteiger partial charge in [0, 0.05) is 25.8 Å². The van der Waals surface area contributed by atoms with Crippen LogP contribution in [-0.2, 0) is 4.74 Å². The monoisotopic (exact) mass is 281 g/mol. The highest BCUT2D eigenvalue weighted by Crippen LogP contribution is 2.30. The van der Waals surface area contributed by atoms with Crippen molar-refractivity contribution in [2.75, 3.05) is 30.4 Å². The molecule has 0 amide bonds. The molecule has 20 heavy (non-hydrogen) atoms. The van der Waals surface area contributed by atoms with Crippen molar-refractivity contribution in [1.29, 1.82) is 0 Å². The SMILES string of the molecule is CCCNc1ncnc(NC2CCOCC2)c1[N+](=O)[O-]. The Labute approximate surface area is 117 Å². The number of aromatic nitrogens is 2. The molecule has 2 rings (SSSR count). The summed E-state index contributed by atoms with van der Waals surface area (Å²) in [7, 11) is 0. The number of hydrogen-bond donors (Lipinski definition) is 2. The number of nitrogens with one attached hydrogen (secondary N) is 2. The lowest BCUT2D eigenvalue weighted by Crippen LogP contribution is -2.28. The Balaban J connectivity index is 2.19. The summed E-state index contributed by atoms with van der Waals surface area (Å²) in [6.45, 7) is 3.95. The van der Waals surface area contributed by atoms with Crippen molar-refractivity contribution in [2.45, 2.75) is 32.2 Å². The molecule has 8 nitrogen and oxygen atoms in total. The lowest BCUT2D eigenvalue weighted by Gasteiger charge is -2.23. The van der Waals surface area contributed by atoms with Gasteiger partial charge in [0.1, 0.15) is 6.33 Å². The molecule has 0 aromatic carbocycles. The largest absolute Gasteiger partial charge is 0.381 e. The molecule has 0 unspecified atom stereocenters. The molecular formula is C12H19N5O3. The minimum Gasteiger partial charge on any atom is -0.381 e. The van der Waals surface area contributed by atoms with Crippen molar-refractivity contribution >= 4 is 17.3 Å². The Hall–Kier alpha value is -1.96. The zero-order chi connectivity index (χ0) is 14.4. The fraction of sp³-hybridized carbons (Fsp3) is 0.667. The van der Waals surface area contributed by atoms with E-state index < -0.39 is 4.92 Å². The van der Waals surface area contributed by atoms with Crippen LogP contribution in [0, 0.1) is 10.1 Å². The van der Waals surface area contributed by atoms with Crippen LogP contribution < -0.4 is 10.6 Å². The van der Waals surface area contributed by atoms with Crippen LogP contribution in [0.4, 0.5) is 17.3 Å². The second-order valence-corrected chi connectivity index (χ2v) is 4.63. The van der Waals surface area contributed by atoms with Crippen LogP contribution in [0.3, 0.4) is 0 Å². The summed E-state index contributed by atoms with van der Waals surface area (Å²) in [5, 5.41) is 17.4. The molecule has 0 atom stereocenters. The minimum atomic E-state index is -0.445. The van der Waals surface area contributed by atoms with Crippen LogP contribution in [0.1, 0.15) is 26.2 Å². The van der Waals surface area contributed by atoms with E-state index in [1.54, 1.807) is 0 Å². The van der Waals surface area contributed by atoms with E-state index in [9.17, 15) is 10.1 Å². The lowest BCUT2D eigenvalue weighted by molar-refractivity contribution is -0.383. The van der Waals surface area contributed by atoms with Crippen molar-refractivity contribution in [3.63, 3.8) is 0 Å². The van der Waals surface area contributed by atoms with Gasteiger partial charge in [0.25, 0.3) is 0 Å². The Morgan fingerprint density at radius 3 is 2.75 bits per heavy atom. The fourth-order valence-corrected chi connectivity index (χ4v) is 2.07. The molecule has 1 fully saturated rings. The Kier molecular flexibility index (Phi) is 5.05. The van der Waals surface area contributed by atoms with Crippen LogP contribution in [-0.4, -0.2) is 40.7 Å². The first-order valence-electron chi connectivity index (χ1n) is 6.80. The molecule has 2 heterocycles. The van der Waals surface area contributed by atoms with Gasteiger partial charge in [-0.1, -0.05) is 6.92 Å². The zero-order valence-corrected chi connectivity index (χ0v) is 11.5. The van der Waals surface area contributed by atoms with Crippen molar-refractivity contribution in [3.05, 3.63) is 16.4 Å². The average molecular weight is 281 g/mol. The summed E-state index contributed by atoms with van der Waals surface area (Å²) >= 11 is 0. The summed E-state index contributed by atoms with van der Waals surface area (Å²) < 4.78 is 5.27. The topological polar surface area (TPSA) is 102 Å². The summed E-state index contributed by atoms with van der Waals surface area (Å²) in [5.74, 6) is 0.539. The Bertz CT molecular complexity index is 462. The predicted octanol–water partition coefficient (Wildman–Crippen LogP) is 1.80. The molecule has 1 aliphatic rings. The van der Waals surface area contributed by atoms with Crippen LogP contribution in [0.15, 0.2) is 6.33 Å². The molecule has 1 aliphatic heterocycles. The standard InChI is InChI=1S/C12H19N5O3/c1-2-5-13-11-10(17(18)19)12(15-8-14-11)16-9-3-6-20-7-4-9/h8-9H,2-7H2,1H3,(H2,13,14,15,16). The first-order chi connectivity index (χ1) is 9.72. The molecule has 110 valence electrons. The molecule has 0 radical (unpaired) electrons. The third-order valence-corrected chi connectivity index (χ3v) is 3.11. The number of ether oxygens (including phenoxy) is 1. The molecule has 0 saturated carbocycles. The number of nitrogens with zero attached hydrogens (tertiary/aromatic N) is 3. The Morgan fingerprint density at radius 1 is 1.40 bits per heavy atom. The summed E-state index contributed by atoms with van der Waals surface area (Å²) in [6, 6.07) is 0.149. The third-order valence-electron chi connectivity index (χ3n) is 3.11. The summed E-state index contributed by atoms with van der Waals surface area (Å²) in [5.41, 5.74) is -0.0903. The van der Waals surface area contributed by atoms with E-state index in [0.717, 1.165) is 19.3 Å². The number of rotatable bonds is 6. The van der Waals surface area contributed by atoms with Crippen molar-refractivity contribution in [3.8, 4) is 0 Å². The number of hydrogen-bond acceptors (Lipinski definition) is 7. The highest BCUT2D eigenvalue weighted by atomic mass is 16.6. The van der Waals surface area contributed by atoms with E-state index in [-0.39, 0.29) is 23.4 Å². The second kappa shape index (κ2) is 6.99.